The monoisotopic (exact) mass is 427 g/mol. The number of hydrogen-bond acceptors (Lipinski definition) is 2. The number of benzene rings is 1. The van der Waals surface area contributed by atoms with Crippen molar-refractivity contribution in [3.63, 3.8) is 0 Å². The van der Waals surface area contributed by atoms with E-state index in [9.17, 15) is 4.79 Å². The van der Waals surface area contributed by atoms with E-state index in [1.165, 1.54) is 0 Å². The van der Waals surface area contributed by atoms with Gasteiger partial charge in [-0.2, -0.15) is 0 Å². The van der Waals surface area contributed by atoms with Crippen molar-refractivity contribution in [3.8, 4) is 0 Å². The van der Waals surface area contributed by atoms with Crippen LogP contribution in [0.2, 0.25) is 0 Å². The standard InChI is InChI=1S/C11H12Br3NO2/c1-6(16)2-3-10(17)15-11-8(13)4-7(12)5-9(11)14/h4-6,16H,2-3H2,1H3,(H,15,17). The summed E-state index contributed by atoms with van der Waals surface area (Å²) in [6.45, 7) is 1.67. The van der Waals surface area contributed by atoms with E-state index in [4.69, 9.17) is 5.11 Å². The number of rotatable bonds is 4. The van der Waals surface area contributed by atoms with E-state index < -0.39 is 6.10 Å². The van der Waals surface area contributed by atoms with Gasteiger partial charge in [-0.3, -0.25) is 4.79 Å². The first-order valence-corrected chi connectivity index (χ1v) is 7.40. The van der Waals surface area contributed by atoms with Crippen molar-refractivity contribution in [1.29, 1.82) is 0 Å². The first-order chi connectivity index (χ1) is 7.90. The quantitative estimate of drug-likeness (QED) is 0.757. The summed E-state index contributed by atoms with van der Waals surface area (Å²) in [6.07, 6.45) is 0.294. The SMILES string of the molecule is CC(O)CCC(=O)Nc1c(Br)cc(Br)cc1Br. The fourth-order valence-electron chi connectivity index (χ4n) is 1.20. The largest absolute Gasteiger partial charge is 0.393 e. The fourth-order valence-corrected chi connectivity index (χ4v) is 3.66. The number of anilines is 1. The highest BCUT2D eigenvalue weighted by atomic mass is 79.9. The van der Waals surface area contributed by atoms with Crippen LogP contribution in [0.15, 0.2) is 25.6 Å². The number of aliphatic hydroxyl groups excluding tert-OH is 1. The molecule has 0 saturated heterocycles. The number of aliphatic hydroxyl groups is 1. The zero-order valence-corrected chi connectivity index (χ0v) is 13.9. The molecule has 1 rings (SSSR count). The van der Waals surface area contributed by atoms with Gasteiger partial charge in [0.2, 0.25) is 5.91 Å². The minimum atomic E-state index is -0.461. The molecule has 0 bridgehead atoms. The Morgan fingerprint density at radius 3 is 2.35 bits per heavy atom. The molecule has 1 amide bonds. The molecule has 1 aromatic rings. The smallest absolute Gasteiger partial charge is 0.224 e. The molecule has 0 aromatic heterocycles. The van der Waals surface area contributed by atoms with Crippen LogP contribution in [-0.2, 0) is 4.79 Å². The number of halogens is 3. The number of carbonyl (C=O) groups excluding carboxylic acids is 1. The van der Waals surface area contributed by atoms with Crippen LogP contribution in [-0.4, -0.2) is 17.1 Å². The molecule has 3 nitrogen and oxygen atoms in total. The molecule has 0 fully saturated rings. The summed E-state index contributed by atoms with van der Waals surface area (Å²) in [5, 5.41) is 11.9. The minimum absolute atomic E-state index is 0.116. The molecule has 0 saturated carbocycles. The molecular formula is C11H12Br3NO2. The van der Waals surface area contributed by atoms with E-state index in [2.05, 4.69) is 53.1 Å². The number of amides is 1. The summed E-state index contributed by atoms with van der Waals surface area (Å²) >= 11 is 10.1. The van der Waals surface area contributed by atoms with Crippen molar-refractivity contribution >= 4 is 59.4 Å². The molecule has 1 aromatic carbocycles. The molecule has 6 heteroatoms. The molecule has 0 heterocycles. The topological polar surface area (TPSA) is 49.3 Å². The molecule has 94 valence electrons. The molecule has 0 aliphatic carbocycles. The Morgan fingerprint density at radius 1 is 1.35 bits per heavy atom. The van der Waals surface area contributed by atoms with Gasteiger partial charge in [0.15, 0.2) is 0 Å². The summed E-state index contributed by atoms with van der Waals surface area (Å²) in [7, 11) is 0. The maximum absolute atomic E-state index is 11.6. The summed E-state index contributed by atoms with van der Waals surface area (Å²) in [6, 6.07) is 3.71. The molecule has 1 atom stereocenters. The molecule has 1 unspecified atom stereocenters. The van der Waals surface area contributed by atoms with Crippen LogP contribution in [0.5, 0.6) is 0 Å². The predicted molar refractivity (Wildman–Crippen MR) is 79.1 cm³/mol. The number of nitrogens with one attached hydrogen (secondary N) is 1. The molecular weight excluding hydrogens is 418 g/mol. The van der Waals surface area contributed by atoms with E-state index >= 15 is 0 Å². The van der Waals surface area contributed by atoms with Gasteiger partial charge in [0.25, 0.3) is 0 Å². The van der Waals surface area contributed by atoms with Gasteiger partial charge in [0, 0.05) is 19.8 Å². The third kappa shape index (κ3) is 5.07. The lowest BCUT2D eigenvalue weighted by Crippen LogP contribution is -2.14. The van der Waals surface area contributed by atoms with Gasteiger partial charge in [-0.05, 0) is 57.3 Å². The van der Waals surface area contributed by atoms with Crippen molar-refractivity contribution in [1.82, 2.24) is 0 Å². The predicted octanol–water partition coefficient (Wildman–Crippen LogP) is 4.07. The second kappa shape index (κ2) is 6.87. The second-order valence-corrected chi connectivity index (χ2v) is 6.30. The number of hydrogen-bond donors (Lipinski definition) is 2. The van der Waals surface area contributed by atoms with Gasteiger partial charge in [0.05, 0.1) is 11.8 Å². The van der Waals surface area contributed by atoms with E-state index in [1.54, 1.807) is 6.92 Å². The third-order valence-corrected chi connectivity index (χ3v) is 3.77. The fraction of sp³-hybridized carbons (Fsp3) is 0.364. The van der Waals surface area contributed by atoms with E-state index in [0.717, 1.165) is 13.4 Å². The highest BCUT2D eigenvalue weighted by molar-refractivity contribution is 9.11. The lowest BCUT2D eigenvalue weighted by atomic mass is 10.2. The normalized spacial score (nSPS) is 12.3. The molecule has 0 radical (unpaired) electrons. The summed E-state index contributed by atoms with van der Waals surface area (Å²) in [5.74, 6) is -0.116. The van der Waals surface area contributed by atoms with Gasteiger partial charge >= 0.3 is 0 Å². The second-order valence-electron chi connectivity index (χ2n) is 3.68. The Morgan fingerprint density at radius 2 is 1.88 bits per heavy atom. The number of carbonyl (C=O) groups is 1. The van der Waals surface area contributed by atoms with E-state index in [1.807, 2.05) is 12.1 Å². The van der Waals surface area contributed by atoms with Crippen molar-refractivity contribution in [2.45, 2.75) is 25.9 Å². The van der Waals surface area contributed by atoms with Crippen LogP contribution in [0, 0.1) is 0 Å². The molecule has 0 aliphatic rings. The zero-order chi connectivity index (χ0) is 13.0. The van der Waals surface area contributed by atoms with Gasteiger partial charge in [0.1, 0.15) is 0 Å². The maximum Gasteiger partial charge on any atom is 0.224 e. The Balaban J connectivity index is 2.72. The Labute approximate surface area is 125 Å². The van der Waals surface area contributed by atoms with Gasteiger partial charge in [-0.1, -0.05) is 15.9 Å². The zero-order valence-electron chi connectivity index (χ0n) is 9.14. The van der Waals surface area contributed by atoms with Crippen LogP contribution in [0.25, 0.3) is 0 Å². The van der Waals surface area contributed by atoms with Crippen molar-refractivity contribution < 1.29 is 9.90 Å². The van der Waals surface area contributed by atoms with Crippen LogP contribution >= 0.6 is 47.8 Å². The lowest BCUT2D eigenvalue weighted by molar-refractivity contribution is -0.116. The van der Waals surface area contributed by atoms with E-state index in [0.29, 0.717) is 18.5 Å². The lowest BCUT2D eigenvalue weighted by Gasteiger charge is -2.10. The van der Waals surface area contributed by atoms with Crippen LogP contribution < -0.4 is 5.32 Å². The van der Waals surface area contributed by atoms with Crippen molar-refractivity contribution in [3.05, 3.63) is 25.6 Å². The highest BCUT2D eigenvalue weighted by Gasteiger charge is 2.11. The molecule has 2 N–H and O–H groups in total. The average molecular weight is 430 g/mol. The molecule has 0 aliphatic heterocycles. The summed E-state index contributed by atoms with van der Waals surface area (Å²) in [5.41, 5.74) is 0.698. The Hall–Kier alpha value is 0.0900. The average Bonchev–Trinajstić information content (AvgIpc) is 2.20. The van der Waals surface area contributed by atoms with Gasteiger partial charge in [-0.15, -0.1) is 0 Å². The van der Waals surface area contributed by atoms with Crippen molar-refractivity contribution in [2.75, 3.05) is 5.32 Å². The van der Waals surface area contributed by atoms with Crippen LogP contribution in [0.4, 0.5) is 5.69 Å². The van der Waals surface area contributed by atoms with E-state index in [-0.39, 0.29) is 5.91 Å². The van der Waals surface area contributed by atoms with Gasteiger partial charge in [-0.25, -0.2) is 0 Å². The first kappa shape index (κ1) is 15.1. The van der Waals surface area contributed by atoms with Crippen LogP contribution in [0.1, 0.15) is 19.8 Å². The summed E-state index contributed by atoms with van der Waals surface area (Å²) in [4.78, 5) is 11.6. The first-order valence-electron chi connectivity index (χ1n) is 5.02. The maximum atomic E-state index is 11.6. The van der Waals surface area contributed by atoms with Crippen LogP contribution in [0.3, 0.4) is 0 Å². The molecule has 17 heavy (non-hydrogen) atoms. The Kier molecular flexibility index (Phi) is 6.12. The third-order valence-electron chi connectivity index (χ3n) is 2.06. The Bertz CT molecular complexity index is 398. The highest BCUT2D eigenvalue weighted by Crippen LogP contribution is 2.34. The molecule has 0 spiro atoms. The van der Waals surface area contributed by atoms with Gasteiger partial charge < -0.3 is 10.4 Å². The minimum Gasteiger partial charge on any atom is -0.393 e. The summed E-state index contributed by atoms with van der Waals surface area (Å²) < 4.78 is 2.51. The van der Waals surface area contributed by atoms with Crippen molar-refractivity contribution in [2.24, 2.45) is 0 Å².